The van der Waals surface area contributed by atoms with Crippen LogP contribution < -0.4 is 5.32 Å². The van der Waals surface area contributed by atoms with Gasteiger partial charge in [0.15, 0.2) is 5.78 Å². The molecule has 7 nitrogen and oxygen atoms in total. The third kappa shape index (κ3) is 5.36. The zero-order valence-corrected chi connectivity index (χ0v) is 29.7. The molecule has 3 N–H and O–H groups in total. The molecule has 3 saturated carbocycles. The monoisotopic (exact) mass is 659 g/mol. The van der Waals surface area contributed by atoms with Crippen LogP contribution in [0, 0.1) is 52.3 Å². The predicted octanol–water partition coefficient (Wildman–Crippen LogP) is 5.44. The smallest absolute Gasteiger partial charge is 0.159 e. The van der Waals surface area contributed by atoms with Crippen molar-refractivity contribution in [1.29, 1.82) is 0 Å². The van der Waals surface area contributed by atoms with E-state index in [0.29, 0.717) is 32.0 Å². The van der Waals surface area contributed by atoms with Gasteiger partial charge in [-0.3, -0.25) is 4.79 Å². The van der Waals surface area contributed by atoms with Gasteiger partial charge in [-0.25, -0.2) is 0 Å². The lowest BCUT2D eigenvalue weighted by Gasteiger charge is -2.61. The number of fused-ring (bicyclic) bond motifs is 2. The average molecular weight is 660 g/mol. The Morgan fingerprint density at radius 2 is 1.85 bits per heavy atom. The van der Waals surface area contributed by atoms with Crippen LogP contribution in [0.25, 0.3) is 0 Å². The van der Waals surface area contributed by atoms with Crippen molar-refractivity contribution in [2.45, 2.75) is 114 Å². The lowest BCUT2D eigenvalue weighted by atomic mass is 9.45. The van der Waals surface area contributed by atoms with Crippen molar-refractivity contribution in [2.75, 3.05) is 33.4 Å². The van der Waals surface area contributed by atoms with Gasteiger partial charge in [0, 0.05) is 11.3 Å². The van der Waals surface area contributed by atoms with Crippen molar-refractivity contribution in [2.24, 2.45) is 40.4 Å². The average Bonchev–Trinajstić information content (AvgIpc) is 3.60. The fraction of sp³-hybridized carbons (Fsp3) is 0.732. The summed E-state index contributed by atoms with van der Waals surface area (Å²) in [6.45, 7) is 10.8. The Morgan fingerprint density at radius 1 is 1.06 bits per heavy atom. The normalized spacial score (nSPS) is 44.2. The minimum absolute atomic E-state index is 0.0434. The van der Waals surface area contributed by atoms with Crippen molar-refractivity contribution >= 4 is 5.78 Å². The van der Waals surface area contributed by atoms with Crippen molar-refractivity contribution in [1.82, 2.24) is 5.32 Å². The van der Waals surface area contributed by atoms with E-state index in [1.807, 2.05) is 38.2 Å². The Kier molecular flexibility index (Phi) is 9.27. The number of ether oxygens (including phenoxy) is 3. The van der Waals surface area contributed by atoms with Crippen LogP contribution in [-0.4, -0.2) is 78.9 Å². The number of nitrogens with one attached hydrogen (secondary N) is 1. The first-order valence-corrected chi connectivity index (χ1v) is 18.7. The highest BCUT2D eigenvalue weighted by atomic mass is 16.5. The summed E-state index contributed by atoms with van der Waals surface area (Å²) in [6, 6.07) is 10.3. The number of ketones is 1. The number of hydrogen-bond donors (Lipinski definition) is 3. The number of aliphatic hydroxyl groups is 2. The standard InChI is InChI=1S/C41H57NO6/c1-26-24-47-36(30(26)16-20-42-5)37(44)40(4,45)35-15-19-41-32-23-34(43)33-22-29(13-17-38(33,2)31(32)14-18-39(35,41)3)46-25-28(12-9-21-48-41)27-10-7-6-8-11-27/h6-8,10-11,23,26,28-31,33,35-37,42,44-45H,13-22,24-25H2,1-5H3. The Labute approximate surface area is 287 Å². The van der Waals surface area contributed by atoms with Crippen LogP contribution in [-0.2, 0) is 19.0 Å². The first-order chi connectivity index (χ1) is 23.0. The molecule has 7 heteroatoms. The Hall–Kier alpha value is -2.05. The van der Waals surface area contributed by atoms with Gasteiger partial charge in [-0.2, -0.15) is 0 Å². The summed E-state index contributed by atoms with van der Waals surface area (Å²) in [5, 5.41) is 27.9. The molecule has 1 spiro atoms. The zero-order chi connectivity index (χ0) is 33.9. The fourth-order valence-corrected chi connectivity index (χ4v) is 11.6. The maximum atomic E-state index is 14.2. The number of carbonyl (C=O) groups is 1. The molecule has 13 atom stereocenters. The highest BCUT2D eigenvalue weighted by Gasteiger charge is 2.70. The van der Waals surface area contributed by atoms with E-state index in [9.17, 15) is 15.0 Å². The quantitative estimate of drug-likeness (QED) is 0.336. The molecule has 1 aromatic carbocycles. The van der Waals surface area contributed by atoms with Crippen LogP contribution in [0.4, 0.5) is 0 Å². The first-order valence-electron chi connectivity index (χ1n) is 18.7. The maximum Gasteiger partial charge on any atom is 0.159 e. The minimum Gasteiger partial charge on any atom is -0.387 e. The second kappa shape index (κ2) is 12.9. The van der Waals surface area contributed by atoms with E-state index in [-0.39, 0.29) is 53.5 Å². The van der Waals surface area contributed by atoms with Gasteiger partial charge in [0.25, 0.3) is 0 Å². The van der Waals surface area contributed by atoms with Crippen LogP contribution in [0.15, 0.2) is 42.0 Å². The summed E-state index contributed by atoms with van der Waals surface area (Å²) in [5.74, 6) is 7.36. The number of rotatable bonds is 7. The highest BCUT2D eigenvalue weighted by Crippen LogP contribution is 2.70. The molecule has 0 amide bonds. The lowest BCUT2D eigenvalue weighted by Crippen LogP contribution is -2.64. The van der Waals surface area contributed by atoms with Crippen molar-refractivity contribution in [3.05, 3.63) is 47.5 Å². The molecular weight excluding hydrogens is 602 g/mol. The van der Waals surface area contributed by atoms with E-state index in [0.717, 1.165) is 56.2 Å². The summed E-state index contributed by atoms with van der Waals surface area (Å²) >= 11 is 0. The Morgan fingerprint density at radius 3 is 2.62 bits per heavy atom. The minimum atomic E-state index is -1.41. The van der Waals surface area contributed by atoms with Crippen molar-refractivity contribution in [3.8, 4) is 11.8 Å². The molecule has 262 valence electrons. The number of hydrogen-bond acceptors (Lipinski definition) is 7. The number of benzene rings is 1. The molecule has 9 rings (SSSR count). The maximum absolute atomic E-state index is 14.2. The molecule has 4 fully saturated rings. The van der Waals surface area contributed by atoms with E-state index in [4.69, 9.17) is 14.2 Å². The summed E-state index contributed by atoms with van der Waals surface area (Å²) in [6.07, 6.45) is 7.19. The number of aliphatic hydroxyl groups excluding tert-OH is 1. The van der Waals surface area contributed by atoms with E-state index in [2.05, 4.69) is 50.1 Å². The van der Waals surface area contributed by atoms with Crippen LogP contribution in [0.3, 0.4) is 0 Å². The fourth-order valence-electron chi connectivity index (χ4n) is 11.6. The van der Waals surface area contributed by atoms with Gasteiger partial charge in [-0.1, -0.05) is 62.9 Å². The molecule has 13 unspecified atom stereocenters. The van der Waals surface area contributed by atoms with Crippen LogP contribution in [0.1, 0.15) is 90.5 Å². The molecule has 48 heavy (non-hydrogen) atoms. The number of carbonyl (C=O) groups excluding carboxylic acids is 1. The van der Waals surface area contributed by atoms with Crippen LogP contribution >= 0.6 is 0 Å². The zero-order valence-electron chi connectivity index (χ0n) is 29.7. The van der Waals surface area contributed by atoms with Gasteiger partial charge in [0.05, 0.1) is 42.5 Å². The van der Waals surface area contributed by atoms with Gasteiger partial charge in [-0.05, 0) is 118 Å². The molecule has 1 saturated heterocycles. The third-order valence-electron chi connectivity index (χ3n) is 14.4. The van der Waals surface area contributed by atoms with Gasteiger partial charge in [0.1, 0.15) is 12.7 Å². The van der Waals surface area contributed by atoms with Gasteiger partial charge >= 0.3 is 0 Å². The summed E-state index contributed by atoms with van der Waals surface area (Å²) in [7, 11) is 1.95. The Balaban J connectivity index is 1.27. The molecule has 0 radical (unpaired) electrons. The lowest BCUT2D eigenvalue weighted by molar-refractivity contribution is -0.201. The predicted molar refractivity (Wildman–Crippen MR) is 185 cm³/mol. The van der Waals surface area contributed by atoms with Gasteiger partial charge < -0.3 is 29.7 Å². The van der Waals surface area contributed by atoms with Crippen molar-refractivity contribution < 1.29 is 29.2 Å². The van der Waals surface area contributed by atoms with Gasteiger partial charge in [-0.15, -0.1) is 0 Å². The summed E-state index contributed by atoms with van der Waals surface area (Å²) in [4.78, 5) is 14.2. The second-order valence-corrected chi connectivity index (χ2v) is 16.8. The van der Waals surface area contributed by atoms with E-state index in [1.54, 1.807) is 0 Å². The molecule has 4 aliphatic heterocycles. The molecule has 1 aromatic rings. The molecule has 4 aliphatic carbocycles. The molecule has 8 aliphatic rings. The van der Waals surface area contributed by atoms with Crippen LogP contribution in [0.2, 0.25) is 0 Å². The van der Waals surface area contributed by atoms with Crippen molar-refractivity contribution in [3.63, 3.8) is 0 Å². The third-order valence-corrected chi connectivity index (χ3v) is 14.4. The SMILES string of the molecule is CNCCC1C(C)COC1C(O)C(C)(O)C1CCC23OCC#CC(c4ccccc4)COC4CCC5(C)C(C4)C(=O)C=C2C5CCC13C. The van der Waals surface area contributed by atoms with E-state index < -0.39 is 28.8 Å². The highest BCUT2D eigenvalue weighted by molar-refractivity contribution is 5.95. The topological polar surface area (TPSA) is 97.2 Å². The molecule has 4 heterocycles. The number of allylic oxidation sites excluding steroid dienone is 1. The van der Waals surface area contributed by atoms with E-state index >= 15 is 0 Å². The molecular formula is C41H57NO6. The Bertz CT molecular complexity index is 1450. The molecule has 0 aromatic heterocycles. The summed E-state index contributed by atoms with van der Waals surface area (Å²) in [5.41, 5.74) is -0.596. The second-order valence-electron chi connectivity index (χ2n) is 16.8. The van der Waals surface area contributed by atoms with Crippen LogP contribution in [0.5, 0.6) is 0 Å². The largest absolute Gasteiger partial charge is 0.387 e. The molecule has 6 bridgehead atoms. The van der Waals surface area contributed by atoms with E-state index in [1.165, 1.54) is 0 Å². The first kappa shape index (κ1) is 34.4. The van der Waals surface area contributed by atoms with Gasteiger partial charge in [0.2, 0.25) is 0 Å². The summed E-state index contributed by atoms with van der Waals surface area (Å²) < 4.78 is 19.9.